The van der Waals surface area contributed by atoms with Gasteiger partial charge in [0.25, 0.3) is 5.91 Å². The third-order valence-corrected chi connectivity index (χ3v) is 6.34. The van der Waals surface area contributed by atoms with Crippen molar-refractivity contribution in [2.75, 3.05) is 25.0 Å². The van der Waals surface area contributed by atoms with Gasteiger partial charge in [0.15, 0.2) is 0 Å². The molecule has 2 aliphatic heterocycles. The van der Waals surface area contributed by atoms with Crippen LogP contribution in [0.15, 0.2) is 54.6 Å². The number of rotatable bonds is 5. The summed E-state index contributed by atoms with van der Waals surface area (Å²) in [5.74, 6) is -0.710. The van der Waals surface area contributed by atoms with Crippen molar-refractivity contribution in [3.63, 3.8) is 0 Å². The standard InChI is InChI=1S/C25H29N3O3/c1-18(19-10-4-2-5-11-19)28-17-20(16-23(28)29)24(30)26-22-13-7-6-12-21(22)25(31)27-14-8-3-9-15-27/h2,4-7,10-13,18,20H,3,8-9,14-17H2,1H3,(H,26,30)/t18-,20+/m1/s1. The van der Waals surface area contributed by atoms with E-state index in [1.54, 1.807) is 17.0 Å². The van der Waals surface area contributed by atoms with Crippen LogP contribution >= 0.6 is 0 Å². The maximum absolute atomic E-state index is 13.0. The fourth-order valence-electron chi connectivity index (χ4n) is 4.47. The van der Waals surface area contributed by atoms with Crippen LogP contribution in [0.4, 0.5) is 5.69 Å². The van der Waals surface area contributed by atoms with Crippen LogP contribution in [0.1, 0.15) is 54.6 Å². The first-order valence-electron chi connectivity index (χ1n) is 11.1. The number of nitrogens with zero attached hydrogens (tertiary/aromatic N) is 2. The molecule has 1 N–H and O–H groups in total. The molecule has 0 aliphatic carbocycles. The van der Waals surface area contributed by atoms with Crippen LogP contribution in [0.5, 0.6) is 0 Å². The van der Waals surface area contributed by atoms with Crippen molar-refractivity contribution in [1.29, 1.82) is 0 Å². The fraction of sp³-hybridized carbons (Fsp3) is 0.400. The molecule has 2 atom stereocenters. The lowest BCUT2D eigenvalue weighted by atomic mass is 10.1. The summed E-state index contributed by atoms with van der Waals surface area (Å²) in [7, 11) is 0. The number of benzene rings is 2. The van der Waals surface area contributed by atoms with Crippen LogP contribution in [0.2, 0.25) is 0 Å². The van der Waals surface area contributed by atoms with Crippen LogP contribution in [-0.2, 0) is 9.59 Å². The molecule has 4 rings (SSSR count). The van der Waals surface area contributed by atoms with Crippen molar-refractivity contribution in [3.05, 3.63) is 65.7 Å². The molecule has 2 fully saturated rings. The molecule has 0 saturated carbocycles. The van der Waals surface area contributed by atoms with E-state index in [-0.39, 0.29) is 30.2 Å². The lowest BCUT2D eigenvalue weighted by molar-refractivity contribution is -0.129. The summed E-state index contributed by atoms with van der Waals surface area (Å²) >= 11 is 0. The van der Waals surface area contributed by atoms with Gasteiger partial charge in [-0.1, -0.05) is 42.5 Å². The minimum atomic E-state index is -0.434. The number of piperidine rings is 1. The van der Waals surface area contributed by atoms with E-state index >= 15 is 0 Å². The molecule has 2 saturated heterocycles. The van der Waals surface area contributed by atoms with Crippen molar-refractivity contribution in [3.8, 4) is 0 Å². The van der Waals surface area contributed by atoms with Gasteiger partial charge in [0.1, 0.15) is 0 Å². The Morgan fingerprint density at radius 3 is 2.39 bits per heavy atom. The highest BCUT2D eigenvalue weighted by atomic mass is 16.2. The third kappa shape index (κ3) is 4.63. The number of para-hydroxylation sites is 1. The Balaban J connectivity index is 1.44. The van der Waals surface area contributed by atoms with Gasteiger partial charge in [0.2, 0.25) is 11.8 Å². The first-order chi connectivity index (χ1) is 15.0. The predicted octanol–water partition coefficient (Wildman–Crippen LogP) is 3.86. The monoisotopic (exact) mass is 419 g/mol. The summed E-state index contributed by atoms with van der Waals surface area (Å²) in [6.07, 6.45) is 3.36. The van der Waals surface area contributed by atoms with Crippen LogP contribution in [0, 0.1) is 5.92 Å². The second kappa shape index (κ2) is 9.33. The zero-order chi connectivity index (χ0) is 21.8. The number of nitrogens with one attached hydrogen (secondary N) is 1. The predicted molar refractivity (Wildman–Crippen MR) is 120 cm³/mol. The number of amides is 3. The number of carbonyl (C=O) groups excluding carboxylic acids is 3. The SMILES string of the molecule is C[C@H](c1ccccc1)N1C[C@@H](C(=O)Nc2ccccc2C(=O)N2CCCCC2)CC1=O. The average Bonchev–Trinajstić information content (AvgIpc) is 3.21. The van der Waals surface area contributed by atoms with E-state index in [9.17, 15) is 14.4 Å². The Bertz CT molecular complexity index is 953. The van der Waals surface area contributed by atoms with Gasteiger partial charge in [-0.25, -0.2) is 0 Å². The lowest BCUT2D eigenvalue weighted by Crippen LogP contribution is -2.36. The molecule has 0 aromatic heterocycles. The molecular formula is C25H29N3O3. The van der Waals surface area contributed by atoms with E-state index in [4.69, 9.17) is 0 Å². The molecule has 6 heteroatoms. The molecule has 0 spiro atoms. The number of likely N-dealkylation sites (tertiary alicyclic amines) is 2. The summed E-state index contributed by atoms with van der Waals surface area (Å²) in [4.78, 5) is 42.2. The van der Waals surface area contributed by atoms with Gasteiger partial charge in [-0.3, -0.25) is 14.4 Å². The number of hydrogen-bond donors (Lipinski definition) is 1. The second-order valence-electron chi connectivity index (χ2n) is 8.42. The van der Waals surface area contributed by atoms with E-state index in [2.05, 4.69) is 5.32 Å². The number of anilines is 1. The Hall–Kier alpha value is -3.15. The molecule has 2 heterocycles. The highest BCUT2D eigenvalue weighted by Crippen LogP contribution is 2.29. The topological polar surface area (TPSA) is 69.7 Å². The van der Waals surface area contributed by atoms with Gasteiger partial charge in [-0.2, -0.15) is 0 Å². The molecule has 2 aliphatic rings. The van der Waals surface area contributed by atoms with Crippen molar-refractivity contribution >= 4 is 23.4 Å². The molecular weight excluding hydrogens is 390 g/mol. The Morgan fingerprint density at radius 1 is 0.968 bits per heavy atom. The quantitative estimate of drug-likeness (QED) is 0.800. The maximum Gasteiger partial charge on any atom is 0.255 e. The molecule has 0 radical (unpaired) electrons. The highest BCUT2D eigenvalue weighted by molar-refractivity contribution is 6.05. The third-order valence-electron chi connectivity index (χ3n) is 6.34. The molecule has 2 aromatic rings. The van der Waals surface area contributed by atoms with E-state index in [1.165, 1.54) is 0 Å². The minimum Gasteiger partial charge on any atom is -0.339 e. The fourth-order valence-corrected chi connectivity index (χ4v) is 4.47. The normalized spacial score (nSPS) is 19.9. The van der Waals surface area contributed by atoms with Gasteiger partial charge < -0.3 is 15.1 Å². The van der Waals surface area contributed by atoms with Crippen molar-refractivity contribution in [2.45, 2.75) is 38.6 Å². The van der Waals surface area contributed by atoms with Crippen LogP contribution < -0.4 is 5.32 Å². The number of hydrogen-bond acceptors (Lipinski definition) is 3. The first-order valence-corrected chi connectivity index (χ1v) is 11.1. The minimum absolute atomic E-state index is 0.0193. The molecule has 31 heavy (non-hydrogen) atoms. The smallest absolute Gasteiger partial charge is 0.255 e. The Morgan fingerprint density at radius 2 is 1.65 bits per heavy atom. The van der Waals surface area contributed by atoms with Gasteiger partial charge >= 0.3 is 0 Å². The average molecular weight is 420 g/mol. The molecule has 2 aromatic carbocycles. The van der Waals surface area contributed by atoms with Gasteiger partial charge in [0, 0.05) is 26.1 Å². The second-order valence-corrected chi connectivity index (χ2v) is 8.42. The molecule has 0 unspecified atom stereocenters. The number of carbonyl (C=O) groups is 3. The van der Waals surface area contributed by atoms with Crippen molar-refractivity contribution in [1.82, 2.24) is 9.80 Å². The summed E-state index contributed by atoms with van der Waals surface area (Å²) in [5, 5.41) is 2.93. The zero-order valence-electron chi connectivity index (χ0n) is 17.9. The van der Waals surface area contributed by atoms with Gasteiger partial charge in [0.05, 0.1) is 23.2 Å². The highest BCUT2D eigenvalue weighted by Gasteiger charge is 2.37. The lowest BCUT2D eigenvalue weighted by Gasteiger charge is -2.27. The van der Waals surface area contributed by atoms with Crippen LogP contribution in [0.3, 0.4) is 0 Å². The van der Waals surface area contributed by atoms with E-state index in [1.807, 2.05) is 54.3 Å². The molecule has 0 bridgehead atoms. The Labute approximate surface area is 183 Å². The van der Waals surface area contributed by atoms with Gasteiger partial charge in [-0.05, 0) is 43.9 Å². The van der Waals surface area contributed by atoms with Crippen LogP contribution in [0.25, 0.3) is 0 Å². The first kappa shape index (κ1) is 21.1. The van der Waals surface area contributed by atoms with Crippen molar-refractivity contribution < 1.29 is 14.4 Å². The summed E-state index contributed by atoms with van der Waals surface area (Å²) < 4.78 is 0. The van der Waals surface area contributed by atoms with E-state index in [0.29, 0.717) is 17.8 Å². The molecule has 6 nitrogen and oxygen atoms in total. The van der Waals surface area contributed by atoms with Gasteiger partial charge in [-0.15, -0.1) is 0 Å². The van der Waals surface area contributed by atoms with E-state index in [0.717, 1.165) is 37.9 Å². The maximum atomic E-state index is 13.0. The van der Waals surface area contributed by atoms with Crippen LogP contribution in [-0.4, -0.2) is 47.2 Å². The zero-order valence-corrected chi connectivity index (χ0v) is 17.9. The Kier molecular flexibility index (Phi) is 6.35. The summed E-state index contributed by atoms with van der Waals surface area (Å²) in [6, 6.07) is 16.9. The largest absolute Gasteiger partial charge is 0.339 e. The molecule has 162 valence electrons. The summed E-state index contributed by atoms with van der Waals surface area (Å²) in [5.41, 5.74) is 2.08. The molecule has 3 amide bonds. The summed E-state index contributed by atoms with van der Waals surface area (Å²) in [6.45, 7) is 3.87. The van der Waals surface area contributed by atoms with E-state index < -0.39 is 5.92 Å². The van der Waals surface area contributed by atoms with Crippen molar-refractivity contribution in [2.24, 2.45) is 5.92 Å².